The predicted molar refractivity (Wildman–Crippen MR) is 0 cm³/mol. The summed E-state index contributed by atoms with van der Waals surface area (Å²) in [6.45, 7) is 0. The van der Waals surface area contributed by atoms with E-state index in [9.17, 15) is 0 Å². The molecule has 0 aliphatic carbocycles. The van der Waals surface area contributed by atoms with Gasteiger partial charge in [-0.25, -0.2) is 0 Å². The molecule has 0 aromatic carbocycles. The average Bonchev–Trinajstić information content (AvgIpc) is 0. The van der Waals surface area contributed by atoms with Crippen LogP contribution in [0.3, 0.4) is 0 Å². The summed E-state index contributed by atoms with van der Waals surface area (Å²) in [5.41, 5.74) is 0. The third-order valence-corrected chi connectivity index (χ3v) is 0. The van der Waals surface area contributed by atoms with Crippen molar-refractivity contribution < 1.29 is 3630 Å². The first-order chi connectivity index (χ1) is 0. The molecular formula is Tb94. The SMILES string of the molecule is [Tb].[Tb].[Tb].[Tb].[Tb].[Tb].[Tb].[Tb].[Tb].[Tb].[Tb].[Tb].[Tb].[Tb].[Tb].[Tb].[Tb].[Tb].[Tb].[Tb].[Tb].[Tb].[Tb].[Tb].[Tb].[Tb].[Tb].[Tb].[Tb].[Tb].[Tb].[Tb].[Tb].[Tb].[Tb].[Tb].[Tb].[Tb].[Tb].[Tb].[Tb].[Tb].[Tb].[Tb].[Tb].[Tb].[Tb].[Tb].[Tb].[Tb].[Tb].[Tb].[Tb].[Tb].[Tb].[Tb].[Tb].[Tb].[Tb].[Tb].[Tb].[Tb].[Tb].[Tb].[Tb].[Tb].[Tb].[Tb].[Tb].[Tb].[Tb].[Tb].[Tb].[Tb].[Tb].[Tb].[Tb].[Tb].[Tb].[Tb].[Tb].[Tb].[Tb].[Tb].[Tb].[Tb].[Tb].[Tb].[Tb].[Tb].[Tb].[Tb].[Tb].[Tb]. The predicted octanol–water partition coefficient (Wildman–Crippen LogP) is 0. The largest absolute Gasteiger partial charge is 0 e. The van der Waals surface area contributed by atoms with E-state index < -0.39 is 0 Å². The van der Waals surface area contributed by atoms with Gasteiger partial charge in [-0.1, -0.05) is 0 Å². The summed E-state index contributed by atoms with van der Waals surface area (Å²) in [7, 11) is 0. The molecule has 94 heteroatoms. The minimum Gasteiger partial charge on any atom is 0 e. The molecule has 0 aromatic heterocycles. The monoisotopic (exact) mass is 14900 g/mol. The molecule has 0 nitrogen and oxygen atoms in total. The maximum atomic E-state index is 0. The van der Waals surface area contributed by atoms with Crippen LogP contribution in [0.15, 0.2) is 0 Å². The van der Waals surface area contributed by atoms with Crippen molar-refractivity contribution in [2.45, 2.75) is 0 Å². The van der Waals surface area contributed by atoms with Gasteiger partial charge < -0.3 is 0 Å². The summed E-state index contributed by atoms with van der Waals surface area (Å²) in [6.07, 6.45) is 0. The zero-order valence-corrected chi connectivity index (χ0v) is 232. The van der Waals surface area contributed by atoms with Crippen molar-refractivity contribution in [3.63, 3.8) is 0 Å². The first kappa shape index (κ1) is 673. The van der Waals surface area contributed by atoms with Crippen molar-refractivity contribution in [3.05, 3.63) is 0 Å². The maximum Gasteiger partial charge on any atom is 0 e. The van der Waals surface area contributed by atoms with Gasteiger partial charge in [0.15, 0.2) is 0 Å². The minimum absolute atomic E-state index is 0. The van der Waals surface area contributed by atoms with Gasteiger partial charge in [0.2, 0.25) is 0 Å². The number of hydrogen-bond donors (Lipinski definition) is 0. The van der Waals surface area contributed by atoms with Crippen LogP contribution in [0.1, 0.15) is 0 Å². The molecule has 846 valence electrons. The van der Waals surface area contributed by atoms with Crippen molar-refractivity contribution in [1.29, 1.82) is 0 Å². The maximum absolute atomic E-state index is 0. The molecule has 0 aliphatic heterocycles. The van der Waals surface area contributed by atoms with Gasteiger partial charge in [0.25, 0.3) is 0 Å². The van der Waals surface area contributed by atoms with E-state index in [-0.39, 0.29) is 3630 Å². The van der Waals surface area contributed by atoms with Gasteiger partial charge in [0.1, 0.15) is 0 Å². The van der Waals surface area contributed by atoms with Crippen LogP contribution in [0.5, 0.6) is 0 Å². The Kier molecular flexibility index (Phi) is 4750. The summed E-state index contributed by atoms with van der Waals surface area (Å²) >= 11 is 0. The van der Waals surface area contributed by atoms with Crippen LogP contribution in [-0.4, -0.2) is 0 Å². The molecule has 0 aromatic rings. The summed E-state index contributed by atoms with van der Waals surface area (Å²) in [6, 6.07) is 0. The molecule has 94 radical (unpaired) electrons. The fourth-order valence-electron chi connectivity index (χ4n) is 0. The molecule has 0 aliphatic rings. The first-order valence-corrected chi connectivity index (χ1v) is 0. The zero-order chi connectivity index (χ0) is 0. The summed E-state index contributed by atoms with van der Waals surface area (Å²) < 4.78 is 0. The van der Waals surface area contributed by atoms with Gasteiger partial charge in [-0.15, -0.1) is 0 Å². The van der Waals surface area contributed by atoms with E-state index in [1.165, 1.54) is 0 Å². The summed E-state index contributed by atoms with van der Waals surface area (Å²) in [5, 5.41) is 0. The van der Waals surface area contributed by atoms with E-state index in [0.717, 1.165) is 0 Å². The molecule has 0 unspecified atom stereocenters. The van der Waals surface area contributed by atoms with Crippen LogP contribution in [0.2, 0.25) is 0 Å². The van der Waals surface area contributed by atoms with Gasteiger partial charge in [0.05, 0.1) is 0 Å². The van der Waals surface area contributed by atoms with Gasteiger partial charge in [0, 0.05) is 3630 Å². The van der Waals surface area contributed by atoms with E-state index in [1.54, 1.807) is 0 Å². The zero-order valence-electron chi connectivity index (χ0n) is 31.3. The molecule has 94 heavy (non-hydrogen) atoms. The molecular weight excluding hydrogens is 14900 g/mol. The van der Waals surface area contributed by atoms with Gasteiger partial charge in [-0.05, 0) is 0 Å². The molecule has 0 amide bonds. The van der Waals surface area contributed by atoms with E-state index in [4.69, 9.17) is 0 Å². The molecule has 0 N–H and O–H groups in total. The third-order valence-electron chi connectivity index (χ3n) is 0. The molecule has 0 bridgehead atoms. The van der Waals surface area contributed by atoms with Crippen molar-refractivity contribution in [2.24, 2.45) is 0 Å². The Morgan fingerprint density at radius 2 is 0.0106 bits per heavy atom. The second kappa shape index (κ2) is 663. The Bertz CT molecular complexity index is 0. The fourth-order valence-corrected chi connectivity index (χ4v) is 0. The molecule has 0 atom stereocenters. The van der Waals surface area contributed by atoms with Crippen LogP contribution in [-0.2, 0) is 0 Å². The quantitative estimate of drug-likeness (QED) is 0.321. The number of hydrogen-bond acceptors (Lipinski definition) is 0. The van der Waals surface area contributed by atoms with Crippen molar-refractivity contribution in [1.82, 2.24) is 0 Å². The van der Waals surface area contributed by atoms with E-state index in [0.29, 0.717) is 0 Å². The van der Waals surface area contributed by atoms with Crippen molar-refractivity contribution >= 4 is 0 Å². The van der Waals surface area contributed by atoms with Crippen LogP contribution >= 0.6 is 0 Å². The van der Waals surface area contributed by atoms with E-state index in [2.05, 4.69) is 0 Å². The third kappa shape index (κ3) is 654. The van der Waals surface area contributed by atoms with Crippen molar-refractivity contribution in [2.75, 3.05) is 0 Å². The fraction of sp³-hybridized carbons (Fsp3) is 0. The summed E-state index contributed by atoms with van der Waals surface area (Å²) in [4.78, 5) is 0. The van der Waals surface area contributed by atoms with Gasteiger partial charge >= 0.3 is 0 Å². The van der Waals surface area contributed by atoms with Crippen LogP contribution in [0.4, 0.5) is 0 Å². The molecule has 0 fully saturated rings. The molecule has 0 spiro atoms. The Balaban J connectivity index is 0. The Hall–Kier alpha value is 121. The van der Waals surface area contributed by atoms with Crippen LogP contribution < -0.4 is 0 Å². The Morgan fingerprint density at radius 1 is 0.0106 bits per heavy atom. The summed E-state index contributed by atoms with van der Waals surface area (Å²) in [5.74, 6) is 0. The second-order valence-corrected chi connectivity index (χ2v) is 0. The average molecular weight is 14900 g/mol. The minimum atomic E-state index is 0. The smallest absolute Gasteiger partial charge is 0 e. The van der Waals surface area contributed by atoms with Crippen LogP contribution in [0, 0.1) is 3630 Å². The van der Waals surface area contributed by atoms with E-state index >= 15 is 0 Å². The van der Waals surface area contributed by atoms with Gasteiger partial charge in [-0.3, -0.25) is 0 Å². The normalized spacial score (nSPS) is 0. The molecule has 0 saturated heterocycles. The standard InChI is InChI=1S/94Tb. The topological polar surface area (TPSA) is 0 Å². The van der Waals surface area contributed by atoms with Crippen molar-refractivity contribution in [3.8, 4) is 0 Å². The molecule has 0 heterocycles. The molecule has 0 saturated carbocycles. The first-order valence-electron chi connectivity index (χ1n) is 0. The Labute approximate surface area is 3470 Å². The van der Waals surface area contributed by atoms with E-state index in [1.807, 2.05) is 0 Å². The second-order valence-electron chi connectivity index (χ2n) is 0. The van der Waals surface area contributed by atoms with Crippen LogP contribution in [0.25, 0.3) is 0 Å². The Morgan fingerprint density at radius 3 is 0.0106 bits per heavy atom. The molecule has 0 rings (SSSR count). The van der Waals surface area contributed by atoms with Gasteiger partial charge in [-0.2, -0.15) is 0 Å². The number of rotatable bonds is 0.